The van der Waals surface area contributed by atoms with Crippen molar-refractivity contribution in [2.75, 3.05) is 164 Å². The highest BCUT2D eigenvalue weighted by molar-refractivity contribution is 5.52. The molecule has 3 aromatic rings. The summed E-state index contributed by atoms with van der Waals surface area (Å²) in [4.78, 5) is 89.3. The summed E-state index contributed by atoms with van der Waals surface area (Å²) in [5.74, 6) is 7.79. The second kappa shape index (κ2) is 55.8. The van der Waals surface area contributed by atoms with Gasteiger partial charge in [0.1, 0.15) is 0 Å². The number of aromatic nitrogens is 9. The van der Waals surface area contributed by atoms with Crippen LogP contribution in [0.5, 0.6) is 0 Å². The monoisotopic (exact) mass is 1910 g/mol. The summed E-state index contributed by atoms with van der Waals surface area (Å²) in [7, 11) is 11.8. The van der Waals surface area contributed by atoms with Gasteiger partial charge < -0.3 is 44.1 Å². The zero-order valence-corrected chi connectivity index (χ0v) is 91.3. The molecule has 5 fully saturated rings. The first-order chi connectivity index (χ1) is 61.1. The molecule has 5 aliphatic rings. The van der Waals surface area contributed by atoms with Crippen molar-refractivity contribution in [2.24, 2.45) is 0 Å². The van der Waals surface area contributed by atoms with E-state index in [4.69, 9.17) is 44.9 Å². The average molecular weight is 1910 g/mol. The molecule has 0 bridgehead atoms. The molecule has 0 amide bonds. The van der Waals surface area contributed by atoms with Gasteiger partial charge in [-0.05, 0) is 321 Å². The number of unbranched alkanes of at least 4 members (excludes halogenated alkanes) is 15. The lowest BCUT2D eigenvalue weighted by molar-refractivity contribution is -0.0136. The molecule has 8 heterocycles. The van der Waals surface area contributed by atoms with Gasteiger partial charge in [0, 0.05) is 171 Å². The van der Waals surface area contributed by atoms with Crippen molar-refractivity contribution in [3.05, 3.63) is 0 Å². The molecule has 5 saturated heterocycles. The largest absolute Gasteiger partial charge is 0.341 e. The molecule has 5 aliphatic heterocycles. The lowest BCUT2D eigenvalue weighted by Crippen LogP contribution is -2.63. The van der Waals surface area contributed by atoms with E-state index < -0.39 is 0 Å². The van der Waals surface area contributed by atoms with Crippen molar-refractivity contribution in [2.45, 2.75) is 562 Å². The van der Waals surface area contributed by atoms with Crippen LogP contribution in [0.4, 0.5) is 53.5 Å². The van der Waals surface area contributed by atoms with Gasteiger partial charge in [-0.15, -0.1) is 0 Å². The summed E-state index contributed by atoms with van der Waals surface area (Å²) < 4.78 is 0. The van der Waals surface area contributed by atoms with Crippen LogP contribution in [0.2, 0.25) is 0 Å². The average Bonchev–Trinajstić information content (AvgIpc) is 0.772. The summed E-state index contributed by atoms with van der Waals surface area (Å²) in [5.41, 5.74) is -0.528. The smallest absolute Gasteiger partial charge is 0.232 e. The minimum atomic E-state index is -0.0809. The van der Waals surface area contributed by atoms with Crippen LogP contribution in [0.25, 0.3) is 0 Å². The first-order valence-electron chi connectivity index (χ1n) is 53.9. The van der Waals surface area contributed by atoms with Crippen LogP contribution in [0.15, 0.2) is 0 Å². The van der Waals surface area contributed by atoms with Crippen LogP contribution in [0, 0.1) is 0 Å². The van der Waals surface area contributed by atoms with Gasteiger partial charge in [-0.3, -0.25) is 24.5 Å². The SMILES string of the molecule is C.C.C.C.C.C.CCCCN(CCCC)c1nc(N(CCCC)CCCC)nc(N(CCCCCCN(c2nc(N(CCCC)C3CC(C)(C)N(C)C(C)(C)C3)nc(N(CCCCCCN(c3nc(N(CCCC)CCCC)nc(N(CCCC)CCCC)n3)C3CC(C)(C)N(C)C(C)(C)C3)C3CC(C)(C)N(C)C(C)(C)C3)n2)C2CC(C)(C)N(C)C(C)(C)C2)C2CC(C)(C)N(C)C(C)(C)C2)n1. The lowest BCUT2D eigenvalue weighted by atomic mass is 9.77. The van der Waals surface area contributed by atoms with Crippen LogP contribution in [0.3, 0.4) is 0 Å². The second-order valence-electron chi connectivity index (χ2n) is 47.9. The van der Waals surface area contributed by atoms with Gasteiger partial charge in [0.05, 0.1) is 0 Å². The Kier molecular flexibility index (Phi) is 52.1. The van der Waals surface area contributed by atoms with Crippen molar-refractivity contribution >= 4 is 53.5 Å². The third-order valence-electron chi connectivity index (χ3n) is 33.0. The van der Waals surface area contributed by atoms with Gasteiger partial charge in [0.2, 0.25) is 53.5 Å². The van der Waals surface area contributed by atoms with Crippen LogP contribution < -0.4 is 44.1 Å². The molecule has 0 spiro atoms. The van der Waals surface area contributed by atoms with Crippen molar-refractivity contribution in [3.63, 3.8) is 0 Å². The topological polar surface area (TPSA) is 161 Å². The summed E-state index contributed by atoms with van der Waals surface area (Å²) in [6, 6.07) is 1.12. The summed E-state index contributed by atoms with van der Waals surface area (Å²) in [6.07, 6.45) is 38.8. The van der Waals surface area contributed by atoms with Gasteiger partial charge in [-0.25, -0.2) is 0 Å². The van der Waals surface area contributed by atoms with Crippen LogP contribution in [-0.2, 0) is 0 Å². The molecular formula is C113H229N23. The molecule has 23 nitrogen and oxygen atoms in total. The minimum absolute atomic E-state index is 0. The van der Waals surface area contributed by atoms with E-state index in [1.54, 1.807) is 0 Å². The number of rotatable bonds is 55. The molecule has 796 valence electrons. The maximum atomic E-state index is 6.20. The van der Waals surface area contributed by atoms with Gasteiger partial charge in [-0.1, -0.05) is 190 Å². The Morgan fingerprint density at radius 3 is 0.419 bits per heavy atom. The fourth-order valence-corrected chi connectivity index (χ4v) is 23.4. The van der Waals surface area contributed by atoms with E-state index in [2.05, 4.69) is 305 Å². The molecule has 0 atom stereocenters. The van der Waals surface area contributed by atoms with E-state index >= 15 is 0 Å². The number of hydrogen-bond acceptors (Lipinski definition) is 23. The van der Waals surface area contributed by atoms with E-state index in [0.29, 0.717) is 0 Å². The Labute approximate surface area is 844 Å². The zero-order valence-electron chi connectivity index (χ0n) is 91.3. The Bertz CT molecular complexity index is 3390. The molecule has 0 radical (unpaired) electrons. The molecule has 3 aromatic heterocycles. The number of anilines is 9. The van der Waals surface area contributed by atoms with E-state index in [0.717, 1.165) is 370 Å². The maximum Gasteiger partial charge on any atom is 0.232 e. The fraction of sp³-hybridized carbons (Fsp3) is 0.920. The van der Waals surface area contributed by atoms with Crippen molar-refractivity contribution < 1.29 is 0 Å². The van der Waals surface area contributed by atoms with Crippen molar-refractivity contribution in [1.29, 1.82) is 0 Å². The van der Waals surface area contributed by atoms with E-state index in [9.17, 15) is 0 Å². The standard InChI is InChI=1S/C107H205N23.6CH4/c1-35-44-61-122(62-45-36-2)89-108-90(123(63-46-37-3)64-47-38-4)111-93(110-89)127(85-76-100(14,15)118(31)101(16,17)77-85)70-57-53-55-59-72-129(87-80-104(22,23)120(33)105(24,25)81-87)96-114-95(126(69-52-43-9)84-74-98(10,11)117(30)99(12,13)75-84)115-97(116-96)130(88-82-106(26,27)121(34)107(28,29)83-88)73-60-56-54-58-71-128(86-78-102(18,19)119(32)103(20,21)79-86)94-112-91(124(65-48-39-5)66-49-40-6)109-92(113-94)125(67-50-41-7)68-51-42-8;;;;;;/h84-88H,35-83H2,1-34H3;6*1H4. The molecule has 0 unspecified atom stereocenters. The molecule has 0 aliphatic carbocycles. The normalized spacial score (nSPS) is 19.9. The molecule has 0 aromatic carbocycles. The first kappa shape index (κ1) is 127. The van der Waals surface area contributed by atoms with E-state index in [-0.39, 0.29) is 130 Å². The maximum absolute atomic E-state index is 6.20. The van der Waals surface area contributed by atoms with Crippen LogP contribution in [0.1, 0.15) is 476 Å². The van der Waals surface area contributed by atoms with Crippen LogP contribution >= 0.6 is 0 Å². The number of hydrogen-bond donors (Lipinski definition) is 0. The lowest BCUT2D eigenvalue weighted by Gasteiger charge is -2.56. The molecule has 8 rings (SSSR count). The highest BCUT2D eigenvalue weighted by Gasteiger charge is 2.52. The van der Waals surface area contributed by atoms with E-state index in [1.165, 1.54) is 0 Å². The molecule has 0 N–H and O–H groups in total. The third kappa shape index (κ3) is 33.6. The zero-order chi connectivity index (χ0) is 96.2. The van der Waals surface area contributed by atoms with Gasteiger partial charge in [0.15, 0.2) is 0 Å². The Hall–Kier alpha value is -4.97. The summed E-state index contributed by atoms with van der Waals surface area (Å²) >= 11 is 0. The summed E-state index contributed by atoms with van der Waals surface area (Å²) in [6.45, 7) is 82.4. The number of piperidine rings is 5. The predicted molar refractivity (Wildman–Crippen MR) is 601 cm³/mol. The van der Waals surface area contributed by atoms with E-state index in [1.807, 2.05) is 0 Å². The van der Waals surface area contributed by atoms with Gasteiger partial charge in [0.25, 0.3) is 0 Å². The van der Waals surface area contributed by atoms with Gasteiger partial charge in [-0.2, -0.15) is 44.9 Å². The Morgan fingerprint density at radius 2 is 0.287 bits per heavy atom. The molecule has 0 saturated carbocycles. The molecule has 136 heavy (non-hydrogen) atoms. The number of likely N-dealkylation sites (tertiary alicyclic amines) is 5. The second-order valence-corrected chi connectivity index (χ2v) is 47.9. The minimum Gasteiger partial charge on any atom is -0.341 e. The van der Waals surface area contributed by atoms with Crippen molar-refractivity contribution in [3.8, 4) is 0 Å². The Morgan fingerprint density at radius 1 is 0.176 bits per heavy atom. The number of nitrogens with zero attached hydrogens (tertiary/aromatic N) is 23. The predicted octanol–water partition coefficient (Wildman–Crippen LogP) is 27.3. The first-order valence-corrected chi connectivity index (χ1v) is 53.9. The third-order valence-corrected chi connectivity index (χ3v) is 33.0. The molecule has 23 heteroatoms. The summed E-state index contributed by atoms with van der Waals surface area (Å²) in [5, 5.41) is 0. The fourth-order valence-electron chi connectivity index (χ4n) is 23.4. The highest BCUT2D eigenvalue weighted by Crippen LogP contribution is 2.48. The van der Waals surface area contributed by atoms with Crippen molar-refractivity contribution in [1.82, 2.24) is 69.4 Å². The highest BCUT2D eigenvalue weighted by atomic mass is 15.5. The van der Waals surface area contributed by atoms with Gasteiger partial charge >= 0.3 is 0 Å². The van der Waals surface area contributed by atoms with Crippen LogP contribution in [-0.4, -0.2) is 275 Å². The molecular weight excluding hydrogens is 1680 g/mol. The quantitative estimate of drug-likeness (QED) is 0.0490. The Balaban J connectivity index is 0.0000104.